The molecule has 0 amide bonds. The van der Waals surface area contributed by atoms with E-state index in [1.807, 2.05) is 44.2 Å². The summed E-state index contributed by atoms with van der Waals surface area (Å²) >= 11 is 0. The SMILES string of the molecule is CC(C)C[C@H](NCc1c(O)ccc2c(-c3ccccc3)cc(=O)oc12)C(=O)O. The zero-order valence-corrected chi connectivity index (χ0v) is 15.8. The quantitative estimate of drug-likeness (QED) is 0.539. The Balaban J connectivity index is 2.06. The molecule has 28 heavy (non-hydrogen) atoms. The van der Waals surface area contributed by atoms with Crippen molar-refractivity contribution in [3.05, 3.63) is 64.5 Å². The van der Waals surface area contributed by atoms with E-state index >= 15 is 0 Å². The molecule has 0 bridgehead atoms. The molecule has 6 nitrogen and oxygen atoms in total. The molecule has 0 aliphatic heterocycles. The van der Waals surface area contributed by atoms with E-state index in [1.165, 1.54) is 12.1 Å². The van der Waals surface area contributed by atoms with Crippen LogP contribution < -0.4 is 10.9 Å². The predicted molar refractivity (Wildman–Crippen MR) is 107 cm³/mol. The molecule has 0 radical (unpaired) electrons. The van der Waals surface area contributed by atoms with E-state index < -0.39 is 17.6 Å². The molecule has 0 unspecified atom stereocenters. The number of hydrogen-bond donors (Lipinski definition) is 3. The Morgan fingerprint density at radius 3 is 2.50 bits per heavy atom. The van der Waals surface area contributed by atoms with Crippen molar-refractivity contribution in [1.82, 2.24) is 5.32 Å². The Morgan fingerprint density at radius 1 is 1.14 bits per heavy atom. The largest absolute Gasteiger partial charge is 0.507 e. The Bertz CT molecular complexity index is 1040. The molecule has 146 valence electrons. The van der Waals surface area contributed by atoms with Crippen LogP contribution in [0.2, 0.25) is 0 Å². The molecule has 1 aromatic heterocycles. The summed E-state index contributed by atoms with van der Waals surface area (Å²) in [5, 5.41) is 23.4. The van der Waals surface area contributed by atoms with Gasteiger partial charge in [0.25, 0.3) is 0 Å². The summed E-state index contributed by atoms with van der Waals surface area (Å²) in [5.41, 5.74) is 1.64. The van der Waals surface area contributed by atoms with E-state index in [4.69, 9.17) is 4.42 Å². The maximum atomic E-state index is 12.2. The summed E-state index contributed by atoms with van der Waals surface area (Å²) in [7, 11) is 0. The second kappa shape index (κ2) is 8.27. The van der Waals surface area contributed by atoms with E-state index in [9.17, 15) is 19.8 Å². The van der Waals surface area contributed by atoms with Gasteiger partial charge in [-0.05, 0) is 35.6 Å². The van der Waals surface area contributed by atoms with Crippen LogP contribution in [-0.4, -0.2) is 22.2 Å². The highest BCUT2D eigenvalue weighted by Crippen LogP contribution is 2.33. The van der Waals surface area contributed by atoms with Crippen LogP contribution in [0.4, 0.5) is 0 Å². The first-order valence-corrected chi connectivity index (χ1v) is 9.17. The minimum atomic E-state index is -0.958. The third-order valence-electron chi connectivity index (χ3n) is 4.61. The Labute approximate surface area is 162 Å². The Kier molecular flexibility index (Phi) is 5.80. The van der Waals surface area contributed by atoms with Crippen LogP contribution in [0.25, 0.3) is 22.1 Å². The maximum absolute atomic E-state index is 12.2. The van der Waals surface area contributed by atoms with Gasteiger partial charge in [-0.15, -0.1) is 0 Å². The summed E-state index contributed by atoms with van der Waals surface area (Å²) in [6, 6.07) is 13.3. The van der Waals surface area contributed by atoms with Gasteiger partial charge in [0.2, 0.25) is 0 Å². The molecule has 0 aliphatic carbocycles. The van der Waals surface area contributed by atoms with E-state index in [0.717, 1.165) is 5.56 Å². The fraction of sp³-hybridized carbons (Fsp3) is 0.273. The maximum Gasteiger partial charge on any atom is 0.336 e. The highest BCUT2D eigenvalue weighted by atomic mass is 16.4. The van der Waals surface area contributed by atoms with Crippen molar-refractivity contribution in [1.29, 1.82) is 0 Å². The number of carbonyl (C=O) groups is 1. The lowest BCUT2D eigenvalue weighted by molar-refractivity contribution is -0.140. The number of phenols is 1. The number of phenolic OH excluding ortho intramolecular Hbond substituents is 1. The molecule has 0 aliphatic rings. The van der Waals surface area contributed by atoms with Crippen molar-refractivity contribution in [2.45, 2.75) is 32.9 Å². The van der Waals surface area contributed by atoms with Crippen molar-refractivity contribution in [3.8, 4) is 16.9 Å². The first-order chi connectivity index (χ1) is 13.4. The van der Waals surface area contributed by atoms with Crippen LogP contribution in [0.15, 0.2) is 57.7 Å². The summed E-state index contributed by atoms with van der Waals surface area (Å²) in [5.74, 6) is -0.820. The number of nitrogens with one attached hydrogen (secondary N) is 1. The molecule has 0 spiro atoms. The van der Waals surface area contributed by atoms with Crippen molar-refractivity contribution in [2.24, 2.45) is 5.92 Å². The van der Waals surface area contributed by atoms with Gasteiger partial charge in [0.05, 0.1) is 5.56 Å². The third kappa shape index (κ3) is 4.23. The number of benzene rings is 2. The van der Waals surface area contributed by atoms with Crippen LogP contribution in [-0.2, 0) is 11.3 Å². The van der Waals surface area contributed by atoms with Gasteiger partial charge in [-0.1, -0.05) is 44.2 Å². The number of hydrogen-bond acceptors (Lipinski definition) is 5. The van der Waals surface area contributed by atoms with Gasteiger partial charge >= 0.3 is 11.6 Å². The predicted octanol–water partition coefficient (Wildman–Crippen LogP) is 3.75. The number of carboxylic acids is 1. The molecule has 1 atom stereocenters. The average molecular weight is 381 g/mol. The number of rotatable bonds is 7. The number of fused-ring (bicyclic) bond motifs is 1. The van der Waals surface area contributed by atoms with Gasteiger partial charge in [0, 0.05) is 18.0 Å². The molecular weight excluding hydrogens is 358 g/mol. The third-order valence-corrected chi connectivity index (χ3v) is 4.61. The smallest absolute Gasteiger partial charge is 0.336 e. The lowest BCUT2D eigenvalue weighted by atomic mass is 9.99. The van der Waals surface area contributed by atoms with Gasteiger partial charge in [0.1, 0.15) is 17.4 Å². The van der Waals surface area contributed by atoms with Crippen LogP contribution in [0, 0.1) is 5.92 Å². The number of aromatic hydroxyl groups is 1. The first kappa shape index (κ1) is 19.6. The minimum absolute atomic E-state index is 0.0537. The minimum Gasteiger partial charge on any atom is -0.507 e. The number of aliphatic carboxylic acids is 1. The zero-order valence-electron chi connectivity index (χ0n) is 15.8. The first-order valence-electron chi connectivity index (χ1n) is 9.17. The van der Waals surface area contributed by atoms with Crippen LogP contribution in [0.5, 0.6) is 5.75 Å². The highest BCUT2D eigenvalue weighted by Gasteiger charge is 2.21. The second-order valence-electron chi connectivity index (χ2n) is 7.19. The lowest BCUT2D eigenvalue weighted by Gasteiger charge is -2.17. The van der Waals surface area contributed by atoms with Crippen LogP contribution >= 0.6 is 0 Å². The van der Waals surface area contributed by atoms with Crippen molar-refractivity contribution >= 4 is 16.9 Å². The molecular formula is C22H23NO5. The van der Waals surface area contributed by atoms with E-state index in [0.29, 0.717) is 22.9 Å². The topological polar surface area (TPSA) is 99.8 Å². The number of carboxylic acid groups (broad SMARTS) is 1. The molecule has 0 fully saturated rings. The molecule has 0 saturated heterocycles. The van der Waals surface area contributed by atoms with Gasteiger partial charge in [0.15, 0.2) is 0 Å². The van der Waals surface area contributed by atoms with E-state index in [-0.39, 0.29) is 23.8 Å². The Hall–Kier alpha value is -3.12. The van der Waals surface area contributed by atoms with Gasteiger partial charge in [-0.3, -0.25) is 4.79 Å². The van der Waals surface area contributed by atoms with Crippen molar-refractivity contribution in [3.63, 3.8) is 0 Å². The lowest BCUT2D eigenvalue weighted by Crippen LogP contribution is -2.37. The molecule has 3 rings (SSSR count). The normalized spacial score (nSPS) is 12.4. The van der Waals surface area contributed by atoms with Crippen LogP contribution in [0.3, 0.4) is 0 Å². The molecule has 0 saturated carbocycles. The molecule has 2 aromatic carbocycles. The van der Waals surface area contributed by atoms with Gasteiger partial charge in [-0.2, -0.15) is 0 Å². The monoisotopic (exact) mass is 381 g/mol. The van der Waals surface area contributed by atoms with E-state index in [2.05, 4.69) is 5.32 Å². The van der Waals surface area contributed by atoms with Crippen molar-refractivity contribution in [2.75, 3.05) is 0 Å². The molecule has 3 aromatic rings. The van der Waals surface area contributed by atoms with E-state index in [1.54, 1.807) is 6.07 Å². The molecule has 6 heteroatoms. The summed E-state index contributed by atoms with van der Waals surface area (Å²) < 4.78 is 5.41. The van der Waals surface area contributed by atoms with Gasteiger partial charge in [-0.25, -0.2) is 4.79 Å². The summed E-state index contributed by atoms with van der Waals surface area (Å²) in [6.45, 7) is 3.95. The van der Waals surface area contributed by atoms with Crippen LogP contribution in [0.1, 0.15) is 25.8 Å². The highest BCUT2D eigenvalue weighted by molar-refractivity contribution is 5.95. The zero-order chi connectivity index (χ0) is 20.3. The fourth-order valence-corrected chi connectivity index (χ4v) is 3.27. The van der Waals surface area contributed by atoms with Gasteiger partial charge < -0.3 is 19.9 Å². The molecule has 1 heterocycles. The second-order valence-corrected chi connectivity index (χ2v) is 7.19. The molecule has 3 N–H and O–H groups in total. The average Bonchev–Trinajstić information content (AvgIpc) is 2.65. The standard InChI is InChI=1S/C22H23NO5/c1-13(2)10-18(22(26)27)23-12-17-19(24)9-8-15-16(11-20(25)28-21(15)17)14-6-4-3-5-7-14/h3-9,11,13,18,23-24H,10,12H2,1-2H3,(H,26,27)/t18-/m0/s1. The van der Waals surface area contributed by atoms with Crippen molar-refractivity contribution < 1.29 is 19.4 Å². The summed E-state index contributed by atoms with van der Waals surface area (Å²) in [6.07, 6.45) is 0.445. The fourth-order valence-electron chi connectivity index (χ4n) is 3.27. The Morgan fingerprint density at radius 2 is 1.86 bits per heavy atom. The summed E-state index contributed by atoms with van der Waals surface area (Å²) in [4.78, 5) is 23.7.